The first-order valence-corrected chi connectivity index (χ1v) is 11.2. The van der Waals surface area contributed by atoms with E-state index >= 15 is 0 Å². The second-order valence-corrected chi connectivity index (χ2v) is 8.16. The second kappa shape index (κ2) is 9.79. The third-order valence-electron chi connectivity index (χ3n) is 5.73. The maximum atomic E-state index is 12.8. The van der Waals surface area contributed by atoms with Gasteiger partial charge in [0.05, 0.1) is 12.9 Å². The van der Waals surface area contributed by atoms with Crippen LogP contribution in [0.3, 0.4) is 0 Å². The zero-order valence-electron chi connectivity index (χ0n) is 19.8. The molecule has 5 nitrogen and oxygen atoms in total. The van der Waals surface area contributed by atoms with Gasteiger partial charge in [-0.25, -0.2) is 0 Å². The van der Waals surface area contributed by atoms with Crippen molar-refractivity contribution in [3.05, 3.63) is 89.7 Å². The van der Waals surface area contributed by atoms with E-state index in [1.165, 1.54) is 6.92 Å². The molecule has 1 amide bonds. The van der Waals surface area contributed by atoms with Gasteiger partial charge >= 0.3 is 0 Å². The van der Waals surface area contributed by atoms with Crippen LogP contribution in [0.2, 0.25) is 0 Å². The number of amides is 1. The first-order chi connectivity index (χ1) is 16.4. The lowest BCUT2D eigenvalue weighted by Crippen LogP contribution is -2.09. The third-order valence-corrected chi connectivity index (χ3v) is 5.73. The summed E-state index contributed by atoms with van der Waals surface area (Å²) in [6, 6.07) is 19.0. The fourth-order valence-corrected chi connectivity index (χ4v) is 4.05. The highest BCUT2D eigenvalue weighted by atomic mass is 16.5. The molecular formula is C29H27NO4. The fraction of sp³-hybridized carbons (Fsp3) is 0.172. The van der Waals surface area contributed by atoms with Crippen LogP contribution in [0.5, 0.6) is 5.75 Å². The number of carbonyl (C=O) groups is 2. The van der Waals surface area contributed by atoms with Crippen LogP contribution in [-0.2, 0) is 4.79 Å². The number of benzene rings is 3. The van der Waals surface area contributed by atoms with Gasteiger partial charge in [0, 0.05) is 39.4 Å². The topological polar surface area (TPSA) is 68.5 Å². The minimum absolute atomic E-state index is 0.0534. The van der Waals surface area contributed by atoms with Crippen LogP contribution in [-0.4, -0.2) is 18.3 Å². The molecular weight excluding hydrogens is 426 g/mol. The molecule has 4 aromatic rings. The molecule has 0 bridgehead atoms. The van der Waals surface area contributed by atoms with E-state index in [-0.39, 0.29) is 11.7 Å². The Kier molecular flexibility index (Phi) is 6.64. The molecule has 1 heterocycles. The summed E-state index contributed by atoms with van der Waals surface area (Å²) in [6.07, 6.45) is 3.31. The standard InChI is InChI=1S/C29H27NO4/c1-5-33-28-19(3)29-25(26(17-34-29)21-10-7-6-8-11-21)16-24(28)18(2)14-27(32)30-23-13-9-12-22(15-23)20(4)31/h6-17H,5H2,1-4H3,(H,30,32)/b18-14+. The van der Waals surface area contributed by atoms with Crippen LogP contribution in [0.25, 0.3) is 27.7 Å². The SMILES string of the molecule is CCOc1c(/C(C)=C/C(=O)Nc2cccc(C(C)=O)c2)cc2c(-c3ccccc3)coc2c1C. The van der Waals surface area contributed by atoms with Gasteiger partial charge in [0.15, 0.2) is 5.78 Å². The third kappa shape index (κ3) is 4.64. The van der Waals surface area contributed by atoms with Gasteiger partial charge in [0.2, 0.25) is 5.91 Å². The maximum absolute atomic E-state index is 12.8. The maximum Gasteiger partial charge on any atom is 0.248 e. The molecule has 1 aromatic heterocycles. The zero-order chi connectivity index (χ0) is 24.2. The molecule has 0 radical (unpaired) electrons. The number of ether oxygens (including phenoxy) is 1. The van der Waals surface area contributed by atoms with Crippen LogP contribution in [0.4, 0.5) is 5.69 Å². The highest BCUT2D eigenvalue weighted by Gasteiger charge is 2.19. The van der Waals surface area contributed by atoms with Crippen LogP contribution < -0.4 is 10.1 Å². The van der Waals surface area contributed by atoms with E-state index in [4.69, 9.17) is 9.15 Å². The summed E-state index contributed by atoms with van der Waals surface area (Å²) < 4.78 is 11.9. The van der Waals surface area contributed by atoms with Gasteiger partial charge in [-0.1, -0.05) is 42.5 Å². The van der Waals surface area contributed by atoms with E-state index in [0.29, 0.717) is 23.6 Å². The quantitative estimate of drug-likeness (QED) is 0.240. The van der Waals surface area contributed by atoms with Crippen molar-refractivity contribution in [3.8, 4) is 16.9 Å². The molecule has 0 aliphatic rings. The average Bonchev–Trinajstić information content (AvgIpc) is 3.25. The van der Waals surface area contributed by atoms with E-state index in [1.807, 2.05) is 57.2 Å². The monoisotopic (exact) mass is 453 g/mol. The Labute approximate surface area is 199 Å². The van der Waals surface area contributed by atoms with Crippen LogP contribution in [0.15, 0.2) is 77.4 Å². The van der Waals surface area contributed by atoms with Crippen molar-refractivity contribution >= 4 is 33.9 Å². The lowest BCUT2D eigenvalue weighted by Gasteiger charge is -2.15. The molecule has 172 valence electrons. The van der Waals surface area contributed by atoms with Crippen molar-refractivity contribution in [1.29, 1.82) is 0 Å². The number of rotatable bonds is 7. The summed E-state index contributed by atoms with van der Waals surface area (Å²) in [5, 5.41) is 3.81. The Hall–Kier alpha value is -4.12. The Bertz CT molecular complexity index is 1400. The minimum atomic E-state index is -0.283. The molecule has 0 saturated carbocycles. The molecule has 0 aliphatic heterocycles. The van der Waals surface area contributed by atoms with E-state index in [2.05, 4.69) is 5.32 Å². The number of nitrogens with one attached hydrogen (secondary N) is 1. The Morgan fingerprint density at radius 2 is 1.79 bits per heavy atom. The summed E-state index contributed by atoms with van der Waals surface area (Å²) in [5.74, 6) is 0.361. The number of aryl methyl sites for hydroxylation is 1. The van der Waals surface area contributed by atoms with Crippen molar-refractivity contribution in [2.75, 3.05) is 11.9 Å². The average molecular weight is 454 g/mol. The fourth-order valence-electron chi connectivity index (χ4n) is 4.05. The van der Waals surface area contributed by atoms with E-state index in [1.54, 1.807) is 36.6 Å². The molecule has 0 spiro atoms. The lowest BCUT2D eigenvalue weighted by atomic mass is 9.96. The summed E-state index contributed by atoms with van der Waals surface area (Å²) in [7, 11) is 0. The molecule has 0 atom stereocenters. The van der Waals surface area contributed by atoms with Crippen molar-refractivity contribution in [2.24, 2.45) is 0 Å². The number of allylic oxidation sites excluding steroid dienone is 1. The zero-order valence-corrected chi connectivity index (χ0v) is 19.8. The van der Waals surface area contributed by atoms with Crippen molar-refractivity contribution in [2.45, 2.75) is 27.7 Å². The number of hydrogen-bond donors (Lipinski definition) is 1. The summed E-state index contributed by atoms with van der Waals surface area (Å²) in [6.45, 7) is 7.77. The molecule has 1 N–H and O–H groups in total. The number of ketones is 1. The van der Waals surface area contributed by atoms with Gasteiger partial charge in [-0.05, 0) is 57.0 Å². The number of Topliss-reactive ketones (excluding diaryl/α,β-unsaturated/α-hetero) is 1. The lowest BCUT2D eigenvalue weighted by molar-refractivity contribution is -0.111. The molecule has 0 fully saturated rings. The van der Waals surface area contributed by atoms with Crippen LogP contribution in [0.1, 0.15) is 42.3 Å². The van der Waals surface area contributed by atoms with Gasteiger partial charge in [0.1, 0.15) is 11.3 Å². The molecule has 0 saturated heterocycles. The van der Waals surface area contributed by atoms with E-state index in [9.17, 15) is 9.59 Å². The van der Waals surface area contributed by atoms with Gasteiger partial charge in [-0.2, -0.15) is 0 Å². The number of anilines is 1. The first kappa shape index (κ1) is 23.1. The molecule has 3 aromatic carbocycles. The van der Waals surface area contributed by atoms with Crippen LogP contribution >= 0.6 is 0 Å². The van der Waals surface area contributed by atoms with E-state index in [0.717, 1.165) is 38.8 Å². The second-order valence-electron chi connectivity index (χ2n) is 8.16. The smallest absolute Gasteiger partial charge is 0.248 e. The predicted molar refractivity (Wildman–Crippen MR) is 136 cm³/mol. The molecule has 0 aliphatic carbocycles. The van der Waals surface area contributed by atoms with Crippen molar-refractivity contribution in [3.63, 3.8) is 0 Å². The van der Waals surface area contributed by atoms with Crippen LogP contribution in [0, 0.1) is 6.92 Å². The summed E-state index contributed by atoms with van der Waals surface area (Å²) >= 11 is 0. The van der Waals surface area contributed by atoms with Gasteiger partial charge in [-0.3, -0.25) is 9.59 Å². The molecule has 0 unspecified atom stereocenters. The normalized spacial score (nSPS) is 11.5. The van der Waals surface area contributed by atoms with Gasteiger partial charge in [-0.15, -0.1) is 0 Å². The van der Waals surface area contributed by atoms with Gasteiger partial charge < -0.3 is 14.5 Å². The van der Waals surface area contributed by atoms with E-state index < -0.39 is 0 Å². The largest absolute Gasteiger partial charge is 0.493 e. The highest BCUT2D eigenvalue weighted by molar-refractivity contribution is 6.06. The van der Waals surface area contributed by atoms with Gasteiger partial charge in [0.25, 0.3) is 0 Å². The predicted octanol–water partition coefficient (Wildman–Crippen LogP) is 7.05. The number of fused-ring (bicyclic) bond motifs is 1. The minimum Gasteiger partial charge on any atom is -0.493 e. The summed E-state index contributed by atoms with van der Waals surface area (Å²) in [5.41, 5.74) is 6.41. The highest BCUT2D eigenvalue weighted by Crippen LogP contribution is 2.40. The Morgan fingerprint density at radius 3 is 2.50 bits per heavy atom. The number of hydrogen-bond acceptors (Lipinski definition) is 4. The molecule has 34 heavy (non-hydrogen) atoms. The number of furan rings is 1. The number of carbonyl (C=O) groups excluding carboxylic acids is 2. The van der Waals surface area contributed by atoms with Crippen molar-refractivity contribution < 1.29 is 18.7 Å². The first-order valence-electron chi connectivity index (χ1n) is 11.2. The molecule has 4 rings (SSSR count). The van der Waals surface area contributed by atoms with Crippen molar-refractivity contribution in [1.82, 2.24) is 0 Å². The Balaban J connectivity index is 1.74. The summed E-state index contributed by atoms with van der Waals surface area (Å²) in [4.78, 5) is 24.4. The molecule has 5 heteroatoms. The Morgan fingerprint density at radius 1 is 1.03 bits per heavy atom.